The zero-order valence-corrected chi connectivity index (χ0v) is 14.6. The molecule has 1 unspecified atom stereocenters. The summed E-state index contributed by atoms with van der Waals surface area (Å²) in [6.07, 6.45) is 0.953. The van der Waals surface area contributed by atoms with Crippen molar-refractivity contribution in [2.75, 3.05) is 13.6 Å². The van der Waals surface area contributed by atoms with Gasteiger partial charge in [-0.2, -0.15) is 0 Å². The van der Waals surface area contributed by atoms with Crippen molar-refractivity contribution < 1.29 is 18.3 Å². The van der Waals surface area contributed by atoms with Crippen molar-refractivity contribution in [1.29, 1.82) is 0 Å². The van der Waals surface area contributed by atoms with Gasteiger partial charge in [-0.3, -0.25) is 4.79 Å². The van der Waals surface area contributed by atoms with Gasteiger partial charge in [-0.25, -0.2) is 12.7 Å². The minimum absolute atomic E-state index is 0.00792. The Labute approximate surface area is 133 Å². The smallest absolute Gasteiger partial charge is 0.307 e. The number of carbonyl (C=O) groups is 1. The molecular formula is C16H25NO4S. The average molecular weight is 327 g/mol. The van der Waals surface area contributed by atoms with Crippen LogP contribution in [0.4, 0.5) is 0 Å². The minimum Gasteiger partial charge on any atom is -0.481 e. The number of hydrogen-bond donors (Lipinski definition) is 1. The summed E-state index contributed by atoms with van der Waals surface area (Å²) < 4.78 is 26.0. The zero-order chi connectivity index (χ0) is 17.1. The van der Waals surface area contributed by atoms with Gasteiger partial charge >= 0.3 is 5.97 Å². The number of carboxylic acids is 1. The van der Waals surface area contributed by atoms with E-state index in [1.165, 1.54) is 14.0 Å². The molecule has 1 rings (SSSR count). The van der Waals surface area contributed by atoms with Gasteiger partial charge in [0.2, 0.25) is 10.0 Å². The first kappa shape index (κ1) is 18.6. The maximum atomic E-state index is 12.5. The lowest BCUT2D eigenvalue weighted by Gasteiger charge is -2.24. The molecule has 1 atom stereocenters. The van der Waals surface area contributed by atoms with Crippen molar-refractivity contribution in [2.45, 2.75) is 44.4 Å². The fraction of sp³-hybridized carbons (Fsp3) is 0.562. The highest BCUT2D eigenvalue weighted by Gasteiger charge is 2.25. The molecule has 0 aliphatic rings. The molecule has 124 valence electrons. The first-order valence-electron chi connectivity index (χ1n) is 7.32. The van der Waals surface area contributed by atoms with E-state index in [0.29, 0.717) is 0 Å². The van der Waals surface area contributed by atoms with Crippen LogP contribution in [0.2, 0.25) is 0 Å². The molecule has 0 saturated carbocycles. The largest absolute Gasteiger partial charge is 0.481 e. The Kier molecular flexibility index (Phi) is 5.76. The second-order valence-corrected chi connectivity index (χ2v) is 8.33. The maximum Gasteiger partial charge on any atom is 0.307 e. The average Bonchev–Trinajstić information content (AvgIpc) is 2.47. The Bertz CT molecular complexity index is 620. The van der Waals surface area contributed by atoms with E-state index in [1.54, 1.807) is 12.1 Å². The summed E-state index contributed by atoms with van der Waals surface area (Å²) in [6, 6.07) is 6.82. The van der Waals surface area contributed by atoms with E-state index < -0.39 is 21.9 Å². The van der Waals surface area contributed by atoms with Gasteiger partial charge in [0.1, 0.15) is 0 Å². The van der Waals surface area contributed by atoms with Gasteiger partial charge in [-0.1, -0.05) is 39.8 Å². The van der Waals surface area contributed by atoms with Crippen LogP contribution in [0.5, 0.6) is 0 Å². The molecule has 0 aliphatic carbocycles. The van der Waals surface area contributed by atoms with Gasteiger partial charge in [-0.15, -0.1) is 0 Å². The van der Waals surface area contributed by atoms with Crippen LogP contribution in [0.25, 0.3) is 0 Å². The van der Waals surface area contributed by atoms with Crippen LogP contribution < -0.4 is 0 Å². The predicted octanol–water partition coefficient (Wildman–Crippen LogP) is 2.72. The normalized spacial score (nSPS) is 14.1. The lowest BCUT2D eigenvalue weighted by atomic mass is 9.82. The predicted molar refractivity (Wildman–Crippen MR) is 86.4 cm³/mol. The molecular weight excluding hydrogens is 302 g/mol. The van der Waals surface area contributed by atoms with Crippen molar-refractivity contribution in [3.63, 3.8) is 0 Å². The molecule has 0 aromatic heterocycles. The maximum absolute atomic E-state index is 12.5. The van der Waals surface area contributed by atoms with Crippen molar-refractivity contribution in [2.24, 2.45) is 5.92 Å². The Balaban J connectivity index is 3.01. The van der Waals surface area contributed by atoms with Crippen LogP contribution in [-0.2, 0) is 20.2 Å². The number of hydrogen-bond acceptors (Lipinski definition) is 3. The van der Waals surface area contributed by atoms with E-state index in [0.717, 1.165) is 16.3 Å². The van der Waals surface area contributed by atoms with E-state index in [1.807, 2.05) is 12.1 Å². The number of benzene rings is 1. The third-order valence-electron chi connectivity index (χ3n) is 4.18. The van der Waals surface area contributed by atoms with Crippen LogP contribution >= 0.6 is 0 Å². The second kappa shape index (κ2) is 6.79. The van der Waals surface area contributed by atoms with Crippen LogP contribution in [0.1, 0.15) is 39.7 Å². The van der Waals surface area contributed by atoms with E-state index in [-0.39, 0.29) is 16.9 Å². The molecule has 0 saturated heterocycles. The second-order valence-electron chi connectivity index (χ2n) is 6.29. The summed E-state index contributed by atoms with van der Waals surface area (Å²) >= 11 is 0. The summed E-state index contributed by atoms with van der Waals surface area (Å²) in [5.41, 5.74) is 1.07. The number of aliphatic carboxylic acids is 1. The van der Waals surface area contributed by atoms with E-state index >= 15 is 0 Å². The first-order valence-corrected chi connectivity index (χ1v) is 8.76. The lowest BCUT2D eigenvalue weighted by Crippen LogP contribution is -2.33. The van der Waals surface area contributed by atoms with E-state index in [2.05, 4.69) is 20.8 Å². The highest BCUT2D eigenvalue weighted by molar-refractivity contribution is 7.89. The molecule has 0 fully saturated rings. The number of carboxylic acid groups (broad SMARTS) is 1. The van der Waals surface area contributed by atoms with Crippen molar-refractivity contribution in [1.82, 2.24) is 4.31 Å². The summed E-state index contributed by atoms with van der Waals surface area (Å²) in [7, 11) is -2.27. The fourth-order valence-corrected chi connectivity index (χ4v) is 3.28. The molecule has 6 heteroatoms. The number of rotatable bonds is 7. The van der Waals surface area contributed by atoms with E-state index in [9.17, 15) is 13.2 Å². The molecule has 5 nitrogen and oxygen atoms in total. The Morgan fingerprint density at radius 2 is 1.77 bits per heavy atom. The molecule has 0 spiro atoms. The quantitative estimate of drug-likeness (QED) is 0.835. The SMILES string of the molecule is CCC(C)(C)c1ccc(S(=O)(=O)N(C)CC(C)C(=O)O)cc1. The molecule has 1 aromatic rings. The Hall–Kier alpha value is -1.40. The number of nitrogens with zero attached hydrogens (tertiary/aromatic N) is 1. The fourth-order valence-electron chi connectivity index (χ4n) is 2.02. The van der Waals surface area contributed by atoms with Gasteiger partial charge in [-0.05, 0) is 29.5 Å². The molecule has 0 amide bonds. The molecule has 1 aromatic carbocycles. The van der Waals surface area contributed by atoms with Crippen LogP contribution in [0.15, 0.2) is 29.2 Å². The van der Waals surface area contributed by atoms with Crippen LogP contribution in [0.3, 0.4) is 0 Å². The first-order chi connectivity index (χ1) is 10.0. The Morgan fingerprint density at radius 1 is 1.27 bits per heavy atom. The third kappa shape index (κ3) is 4.08. The topological polar surface area (TPSA) is 74.7 Å². The highest BCUT2D eigenvalue weighted by atomic mass is 32.2. The summed E-state index contributed by atoms with van der Waals surface area (Å²) in [5.74, 6) is -1.76. The summed E-state index contributed by atoms with van der Waals surface area (Å²) in [5, 5.41) is 8.90. The summed E-state index contributed by atoms with van der Waals surface area (Å²) in [6.45, 7) is 7.74. The molecule has 22 heavy (non-hydrogen) atoms. The van der Waals surface area contributed by atoms with Crippen molar-refractivity contribution in [3.8, 4) is 0 Å². The van der Waals surface area contributed by atoms with Gasteiger partial charge in [0.25, 0.3) is 0 Å². The standard InChI is InChI=1S/C16H25NO4S/c1-6-16(3,4)13-7-9-14(10-8-13)22(20,21)17(5)11-12(2)15(18)19/h7-10,12H,6,11H2,1-5H3,(H,18,19). The van der Waals surface area contributed by atoms with Crippen molar-refractivity contribution >= 4 is 16.0 Å². The molecule has 0 aliphatic heterocycles. The zero-order valence-electron chi connectivity index (χ0n) is 13.8. The van der Waals surface area contributed by atoms with Gasteiger partial charge < -0.3 is 5.11 Å². The molecule has 0 bridgehead atoms. The molecule has 1 N–H and O–H groups in total. The van der Waals surface area contributed by atoms with Gasteiger partial charge in [0.15, 0.2) is 0 Å². The van der Waals surface area contributed by atoms with Gasteiger partial charge in [0.05, 0.1) is 10.8 Å². The van der Waals surface area contributed by atoms with Gasteiger partial charge in [0, 0.05) is 13.6 Å². The molecule has 0 heterocycles. The van der Waals surface area contributed by atoms with Crippen LogP contribution in [-0.4, -0.2) is 37.4 Å². The lowest BCUT2D eigenvalue weighted by molar-refractivity contribution is -0.141. The third-order valence-corrected chi connectivity index (χ3v) is 6.02. The highest BCUT2D eigenvalue weighted by Crippen LogP contribution is 2.28. The molecule has 0 radical (unpaired) electrons. The monoisotopic (exact) mass is 327 g/mol. The minimum atomic E-state index is -3.67. The van der Waals surface area contributed by atoms with Crippen LogP contribution in [0, 0.1) is 5.92 Å². The Morgan fingerprint density at radius 3 is 2.18 bits per heavy atom. The van der Waals surface area contributed by atoms with Crippen molar-refractivity contribution in [3.05, 3.63) is 29.8 Å². The number of sulfonamides is 1. The van der Waals surface area contributed by atoms with E-state index in [4.69, 9.17) is 5.11 Å². The summed E-state index contributed by atoms with van der Waals surface area (Å²) in [4.78, 5) is 11.0.